The Balaban J connectivity index is 2.11. The molecule has 0 aliphatic heterocycles. The standard InChI is InChI=1S/C15H17N3O4/c1-10-7-8-16-18(10)12-5-3-11(4-6-12)14(20)17-13(9-19)15(21)22-2/h3-8,13,19H,9H2,1-2H3,(H,17,20)/t13-/m0/s1. The monoisotopic (exact) mass is 303 g/mol. The SMILES string of the molecule is COC(=O)[C@H](CO)NC(=O)c1ccc(-n2nccc2C)cc1. The van der Waals surface area contributed by atoms with Crippen molar-refractivity contribution in [3.8, 4) is 5.69 Å². The molecule has 116 valence electrons. The first-order valence-corrected chi connectivity index (χ1v) is 6.67. The second-order valence-corrected chi connectivity index (χ2v) is 4.66. The molecule has 1 atom stereocenters. The van der Waals surface area contributed by atoms with Gasteiger partial charge in [-0.15, -0.1) is 0 Å². The number of nitrogens with zero attached hydrogens (tertiary/aromatic N) is 2. The molecule has 1 amide bonds. The summed E-state index contributed by atoms with van der Waals surface area (Å²) in [6.07, 6.45) is 1.69. The van der Waals surface area contributed by atoms with Crippen LogP contribution in [-0.4, -0.2) is 46.5 Å². The lowest BCUT2D eigenvalue weighted by Gasteiger charge is -2.14. The highest BCUT2D eigenvalue weighted by atomic mass is 16.5. The largest absolute Gasteiger partial charge is 0.467 e. The molecule has 0 saturated carbocycles. The van der Waals surface area contributed by atoms with Gasteiger partial charge in [0.2, 0.25) is 0 Å². The van der Waals surface area contributed by atoms with Crippen molar-refractivity contribution in [1.82, 2.24) is 15.1 Å². The zero-order valence-corrected chi connectivity index (χ0v) is 12.3. The van der Waals surface area contributed by atoms with Crippen molar-refractivity contribution in [2.75, 3.05) is 13.7 Å². The molecule has 2 aromatic rings. The lowest BCUT2D eigenvalue weighted by molar-refractivity contribution is -0.143. The third-order valence-corrected chi connectivity index (χ3v) is 3.18. The van der Waals surface area contributed by atoms with Gasteiger partial charge < -0.3 is 15.2 Å². The van der Waals surface area contributed by atoms with Crippen molar-refractivity contribution in [1.29, 1.82) is 0 Å². The Bertz CT molecular complexity index is 664. The van der Waals surface area contributed by atoms with Crippen molar-refractivity contribution in [3.05, 3.63) is 47.8 Å². The van der Waals surface area contributed by atoms with Gasteiger partial charge in [-0.05, 0) is 37.3 Å². The Hall–Kier alpha value is -2.67. The molecule has 1 aromatic carbocycles. The van der Waals surface area contributed by atoms with Crippen LogP contribution in [0.15, 0.2) is 36.5 Å². The Kier molecular flexibility index (Phi) is 4.90. The zero-order chi connectivity index (χ0) is 16.1. The molecule has 0 saturated heterocycles. The molecule has 0 fully saturated rings. The van der Waals surface area contributed by atoms with Crippen molar-refractivity contribution in [2.24, 2.45) is 0 Å². The number of aryl methyl sites for hydroxylation is 1. The fraction of sp³-hybridized carbons (Fsp3) is 0.267. The predicted molar refractivity (Wildman–Crippen MR) is 78.7 cm³/mol. The summed E-state index contributed by atoms with van der Waals surface area (Å²) in [4.78, 5) is 23.4. The van der Waals surface area contributed by atoms with E-state index in [-0.39, 0.29) is 0 Å². The minimum Gasteiger partial charge on any atom is -0.467 e. The Morgan fingerprint density at radius 2 is 2.00 bits per heavy atom. The smallest absolute Gasteiger partial charge is 0.330 e. The number of carbonyl (C=O) groups is 2. The van der Waals surface area contributed by atoms with Crippen LogP contribution in [-0.2, 0) is 9.53 Å². The van der Waals surface area contributed by atoms with Crippen LogP contribution >= 0.6 is 0 Å². The number of carbonyl (C=O) groups excluding carboxylic acids is 2. The second kappa shape index (κ2) is 6.86. The summed E-state index contributed by atoms with van der Waals surface area (Å²) >= 11 is 0. The highest BCUT2D eigenvalue weighted by Crippen LogP contribution is 2.11. The molecule has 2 rings (SSSR count). The summed E-state index contributed by atoms with van der Waals surface area (Å²) in [5.74, 6) is -1.16. The van der Waals surface area contributed by atoms with Crippen LogP contribution in [0.4, 0.5) is 0 Å². The number of aliphatic hydroxyl groups is 1. The first-order chi connectivity index (χ1) is 10.6. The fourth-order valence-electron chi connectivity index (χ4n) is 1.96. The number of aliphatic hydroxyl groups excluding tert-OH is 1. The lowest BCUT2D eigenvalue weighted by atomic mass is 10.1. The van der Waals surface area contributed by atoms with Crippen LogP contribution in [0.1, 0.15) is 16.1 Å². The number of amides is 1. The Morgan fingerprint density at radius 3 is 2.50 bits per heavy atom. The normalized spacial score (nSPS) is 11.8. The van der Waals surface area contributed by atoms with E-state index in [1.54, 1.807) is 35.1 Å². The molecule has 22 heavy (non-hydrogen) atoms. The van der Waals surface area contributed by atoms with Crippen molar-refractivity contribution in [2.45, 2.75) is 13.0 Å². The summed E-state index contributed by atoms with van der Waals surface area (Å²) in [5.41, 5.74) is 2.17. The average molecular weight is 303 g/mol. The van der Waals surface area contributed by atoms with Gasteiger partial charge in [-0.1, -0.05) is 0 Å². The van der Waals surface area contributed by atoms with Gasteiger partial charge >= 0.3 is 5.97 Å². The molecule has 7 nitrogen and oxygen atoms in total. The molecular formula is C15H17N3O4. The first kappa shape index (κ1) is 15.7. The van der Waals surface area contributed by atoms with Gasteiger partial charge in [-0.3, -0.25) is 4.79 Å². The van der Waals surface area contributed by atoms with E-state index in [2.05, 4.69) is 15.2 Å². The number of rotatable bonds is 5. The van der Waals surface area contributed by atoms with E-state index in [4.69, 9.17) is 5.11 Å². The number of benzene rings is 1. The molecule has 1 heterocycles. The van der Waals surface area contributed by atoms with E-state index >= 15 is 0 Å². The summed E-state index contributed by atoms with van der Waals surface area (Å²) in [7, 11) is 1.19. The number of aromatic nitrogens is 2. The average Bonchev–Trinajstić information content (AvgIpc) is 2.97. The highest BCUT2D eigenvalue weighted by Gasteiger charge is 2.21. The van der Waals surface area contributed by atoms with Crippen molar-refractivity contribution >= 4 is 11.9 Å². The van der Waals surface area contributed by atoms with E-state index in [0.717, 1.165) is 11.4 Å². The molecule has 7 heteroatoms. The number of ether oxygens (including phenoxy) is 1. The Labute approximate surface area is 127 Å². The topological polar surface area (TPSA) is 93.5 Å². The molecule has 0 spiro atoms. The fourth-order valence-corrected chi connectivity index (χ4v) is 1.96. The van der Waals surface area contributed by atoms with E-state index in [1.165, 1.54) is 7.11 Å². The van der Waals surface area contributed by atoms with Gasteiger partial charge in [0.1, 0.15) is 0 Å². The van der Waals surface area contributed by atoms with Gasteiger partial charge in [-0.25, -0.2) is 9.48 Å². The highest BCUT2D eigenvalue weighted by molar-refractivity contribution is 5.96. The zero-order valence-electron chi connectivity index (χ0n) is 12.3. The van der Waals surface area contributed by atoms with Gasteiger partial charge in [-0.2, -0.15) is 5.10 Å². The molecule has 0 aliphatic rings. The van der Waals surface area contributed by atoms with E-state index in [9.17, 15) is 9.59 Å². The minimum atomic E-state index is -1.08. The van der Waals surface area contributed by atoms with Crippen LogP contribution < -0.4 is 5.32 Å². The van der Waals surface area contributed by atoms with Crippen LogP contribution in [0.3, 0.4) is 0 Å². The second-order valence-electron chi connectivity index (χ2n) is 4.66. The van der Waals surface area contributed by atoms with Gasteiger partial charge in [0, 0.05) is 17.5 Å². The van der Waals surface area contributed by atoms with Crippen LogP contribution in [0.5, 0.6) is 0 Å². The third-order valence-electron chi connectivity index (χ3n) is 3.18. The van der Waals surface area contributed by atoms with Gasteiger partial charge in [0.15, 0.2) is 6.04 Å². The maximum Gasteiger partial charge on any atom is 0.330 e. The van der Waals surface area contributed by atoms with E-state index in [0.29, 0.717) is 5.56 Å². The number of nitrogens with one attached hydrogen (secondary N) is 1. The quantitative estimate of drug-likeness (QED) is 0.782. The number of methoxy groups -OCH3 is 1. The van der Waals surface area contributed by atoms with Crippen LogP contribution in [0.2, 0.25) is 0 Å². The maximum atomic E-state index is 12.0. The summed E-state index contributed by atoms with van der Waals surface area (Å²) in [5, 5.41) is 15.7. The maximum absolute atomic E-state index is 12.0. The summed E-state index contributed by atoms with van der Waals surface area (Å²) in [6, 6.07) is 7.55. The van der Waals surface area contributed by atoms with Crippen molar-refractivity contribution in [3.63, 3.8) is 0 Å². The molecule has 0 bridgehead atoms. The van der Waals surface area contributed by atoms with E-state index in [1.807, 2.05) is 13.0 Å². The molecule has 1 aromatic heterocycles. The summed E-state index contributed by atoms with van der Waals surface area (Å²) < 4.78 is 6.24. The van der Waals surface area contributed by atoms with Gasteiger partial charge in [0.05, 0.1) is 19.4 Å². The molecule has 0 radical (unpaired) electrons. The number of esters is 1. The van der Waals surface area contributed by atoms with E-state index < -0.39 is 24.5 Å². The van der Waals surface area contributed by atoms with Gasteiger partial charge in [0.25, 0.3) is 5.91 Å². The first-order valence-electron chi connectivity index (χ1n) is 6.67. The molecular weight excluding hydrogens is 286 g/mol. The Morgan fingerprint density at radius 1 is 1.32 bits per heavy atom. The molecule has 0 aliphatic carbocycles. The van der Waals surface area contributed by atoms with Crippen LogP contribution in [0, 0.1) is 6.92 Å². The minimum absolute atomic E-state index is 0.371. The van der Waals surface area contributed by atoms with Crippen LogP contribution in [0.25, 0.3) is 5.69 Å². The molecule has 0 unspecified atom stereocenters. The molecule has 2 N–H and O–H groups in total. The lowest BCUT2D eigenvalue weighted by Crippen LogP contribution is -2.44. The van der Waals surface area contributed by atoms with Crippen molar-refractivity contribution < 1.29 is 19.4 Å². The summed E-state index contributed by atoms with van der Waals surface area (Å²) in [6.45, 7) is 1.40. The predicted octanol–water partition coefficient (Wildman–Crippen LogP) is 0.444. The number of hydrogen-bond donors (Lipinski definition) is 2. The number of hydrogen-bond acceptors (Lipinski definition) is 5. The third kappa shape index (κ3) is 3.32.